The van der Waals surface area contributed by atoms with E-state index in [-0.39, 0.29) is 16.8 Å². The van der Waals surface area contributed by atoms with Crippen molar-refractivity contribution >= 4 is 15.8 Å². The molecule has 0 spiro atoms. The SMILES string of the molecule is COC1CCCN(S(=O)(=O)c2c(N)nn(C)c2C)C1. The lowest BCUT2D eigenvalue weighted by Crippen LogP contribution is -2.43. The van der Waals surface area contributed by atoms with Gasteiger partial charge < -0.3 is 10.5 Å². The molecule has 1 aromatic rings. The van der Waals surface area contributed by atoms with E-state index in [0.717, 1.165) is 12.8 Å². The molecule has 2 heterocycles. The summed E-state index contributed by atoms with van der Waals surface area (Å²) < 4.78 is 33.5. The number of hydrogen-bond donors (Lipinski definition) is 1. The maximum atomic E-state index is 12.6. The van der Waals surface area contributed by atoms with Crippen LogP contribution in [0.1, 0.15) is 18.5 Å². The summed E-state index contributed by atoms with van der Waals surface area (Å²) in [4.78, 5) is 0.117. The number of rotatable bonds is 3. The van der Waals surface area contributed by atoms with Gasteiger partial charge in [0.05, 0.1) is 11.8 Å². The Bertz CT molecular complexity index is 567. The molecular formula is C11H20N4O3S. The van der Waals surface area contributed by atoms with Crippen LogP contribution < -0.4 is 5.73 Å². The van der Waals surface area contributed by atoms with E-state index >= 15 is 0 Å². The van der Waals surface area contributed by atoms with Gasteiger partial charge in [-0.05, 0) is 19.8 Å². The first-order valence-corrected chi connectivity index (χ1v) is 7.64. The van der Waals surface area contributed by atoms with Crippen LogP contribution in [0.25, 0.3) is 0 Å². The van der Waals surface area contributed by atoms with Crippen molar-refractivity contribution < 1.29 is 13.2 Å². The van der Waals surface area contributed by atoms with Gasteiger partial charge in [-0.2, -0.15) is 9.40 Å². The maximum absolute atomic E-state index is 12.6. The number of nitrogens with two attached hydrogens (primary N) is 1. The zero-order valence-electron chi connectivity index (χ0n) is 11.5. The molecule has 1 saturated heterocycles. The number of ether oxygens (including phenoxy) is 1. The smallest absolute Gasteiger partial charge is 0.248 e. The van der Waals surface area contributed by atoms with E-state index < -0.39 is 10.0 Å². The van der Waals surface area contributed by atoms with Gasteiger partial charge >= 0.3 is 0 Å². The molecule has 8 heteroatoms. The lowest BCUT2D eigenvalue weighted by molar-refractivity contribution is 0.0572. The Labute approximate surface area is 113 Å². The third kappa shape index (κ3) is 2.47. The van der Waals surface area contributed by atoms with Gasteiger partial charge in [0.1, 0.15) is 4.90 Å². The van der Waals surface area contributed by atoms with E-state index in [0.29, 0.717) is 18.8 Å². The molecule has 0 aliphatic carbocycles. The van der Waals surface area contributed by atoms with E-state index in [2.05, 4.69) is 5.10 Å². The summed E-state index contributed by atoms with van der Waals surface area (Å²) in [6.07, 6.45) is 1.61. The highest BCUT2D eigenvalue weighted by atomic mass is 32.2. The van der Waals surface area contributed by atoms with Crippen LogP contribution in [0.5, 0.6) is 0 Å². The predicted octanol–water partition coefficient (Wildman–Crippen LogP) is 0.110. The highest BCUT2D eigenvalue weighted by Crippen LogP contribution is 2.27. The van der Waals surface area contributed by atoms with Crippen molar-refractivity contribution in [2.75, 3.05) is 25.9 Å². The van der Waals surface area contributed by atoms with Gasteiger partial charge in [0.25, 0.3) is 0 Å². The Balaban J connectivity index is 2.37. The fourth-order valence-electron chi connectivity index (χ4n) is 2.38. The first-order valence-electron chi connectivity index (χ1n) is 6.20. The van der Waals surface area contributed by atoms with Crippen molar-refractivity contribution in [3.8, 4) is 0 Å². The Morgan fingerprint density at radius 2 is 2.16 bits per heavy atom. The van der Waals surface area contributed by atoms with E-state index in [1.807, 2.05) is 0 Å². The van der Waals surface area contributed by atoms with E-state index in [4.69, 9.17) is 10.5 Å². The highest BCUT2D eigenvalue weighted by molar-refractivity contribution is 7.89. The molecule has 1 aliphatic heterocycles. The van der Waals surface area contributed by atoms with Crippen LogP contribution in [0.3, 0.4) is 0 Å². The molecule has 2 N–H and O–H groups in total. The van der Waals surface area contributed by atoms with Crippen molar-refractivity contribution in [1.29, 1.82) is 0 Å². The van der Waals surface area contributed by atoms with Crippen LogP contribution in [-0.2, 0) is 21.8 Å². The molecule has 0 aromatic carbocycles. The molecule has 0 bridgehead atoms. The second-order valence-electron chi connectivity index (χ2n) is 4.79. The first-order chi connectivity index (χ1) is 8.87. The van der Waals surface area contributed by atoms with Gasteiger partial charge in [0, 0.05) is 27.2 Å². The minimum absolute atomic E-state index is 0.0540. The largest absolute Gasteiger partial charge is 0.381 e. The van der Waals surface area contributed by atoms with E-state index in [9.17, 15) is 8.42 Å². The number of nitrogen functional groups attached to an aromatic ring is 1. The zero-order chi connectivity index (χ0) is 14.2. The standard InChI is InChI=1S/C11H20N4O3S/c1-8-10(11(12)13-14(8)2)19(16,17)15-6-4-5-9(7-15)18-3/h9H,4-7H2,1-3H3,(H2,12,13). The summed E-state index contributed by atoms with van der Waals surface area (Å²) in [5.41, 5.74) is 6.29. The lowest BCUT2D eigenvalue weighted by Gasteiger charge is -2.31. The van der Waals surface area contributed by atoms with Crippen LogP contribution in [0.15, 0.2) is 4.90 Å². The maximum Gasteiger partial charge on any atom is 0.248 e. The predicted molar refractivity (Wildman–Crippen MR) is 71.1 cm³/mol. The summed E-state index contributed by atoms with van der Waals surface area (Å²) in [5.74, 6) is 0.0551. The fourth-order valence-corrected chi connectivity index (χ4v) is 4.18. The number of hydrogen-bond acceptors (Lipinski definition) is 5. The van der Waals surface area contributed by atoms with Crippen LogP contribution in [0.2, 0.25) is 0 Å². The fraction of sp³-hybridized carbons (Fsp3) is 0.727. The van der Waals surface area contributed by atoms with Gasteiger partial charge in [-0.15, -0.1) is 0 Å². The molecule has 1 aliphatic rings. The number of piperidine rings is 1. The van der Waals surface area contributed by atoms with Crippen LogP contribution in [-0.4, -0.2) is 48.8 Å². The number of nitrogens with zero attached hydrogens (tertiary/aromatic N) is 3. The molecular weight excluding hydrogens is 268 g/mol. The molecule has 2 rings (SSSR count). The molecule has 1 aromatic heterocycles. The summed E-state index contributed by atoms with van der Waals surface area (Å²) in [6, 6.07) is 0. The average molecular weight is 288 g/mol. The van der Waals surface area contributed by atoms with Crippen molar-refractivity contribution in [1.82, 2.24) is 14.1 Å². The van der Waals surface area contributed by atoms with Crippen molar-refractivity contribution in [2.45, 2.75) is 30.8 Å². The van der Waals surface area contributed by atoms with E-state index in [1.54, 1.807) is 21.1 Å². The van der Waals surface area contributed by atoms with Crippen LogP contribution in [0, 0.1) is 6.92 Å². The molecule has 0 amide bonds. The van der Waals surface area contributed by atoms with Crippen molar-refractivity contribution in [3.05, 3.63) is 5.69 Å². The van der Waals surface area contributed by atoms with Gasteiger partial charge in [0.15, 0.2) is 5.82 Å². The quantitative estimate of drug-likeness (QED) is 0.852. The summed E-state index contributed by atoms with van der Waals surface area (Å²) in [5, 5.41) is 3.97. The van der Waals surface area contributed by atoms with Gasteiger partial charge in [-0.3, -0.25) is 4.68 Å². The third-order valence-corrected chi connectivity index (χ3v) is 5.61. The lowest BCUT2D eigenvalue weighted by atomic mass is 10.1. The normalized spacial score (nSPS) is 21.7. The van der Waals surface area contributed by atoms with E-state index in [1.165, 1.54) is 8.99 Å². The minimum Gasteiger partial charge on any atom is -0.381 e. The third-order valence-electron chi connectivity index (χ3n) is 3.58. The highest BCUT2D eigenvalue weighted by Gasteiger charge is 2.34. The number of aromatic nitrogens is 2. The van der Waals surface area contributed by atoms with Crippen LogP contribution >= 0.6 is 0 Å². The second-order valence-corrected chi connectivity index (χ2v) is 6.66. The number of sulfonamides is 1. The molecule has 0 radical (unpaired) electrons. The first kappa shape index (κ1) is 14.3. The summed E-state index contributed by atoms with van der Waals surface area (Å²) in [7, 11) is -0.319. The molecule has 1 unspecified atom stereocenters. The molecule has 1 fully saturated rings. The Kier molecular flexibility index (Phi) is 3.84. The van der Waals surface area contributed by atoms with Gasteiger partial charge in [-0.25, -0.2) is 8.42 Å². The van der Waals surface area contributed by atoms with Crippen molar-refractivity contribution in [3.63, 3.8) is 0 Å². The molecule has 19 heavy (non-hydrogen) atoms. The number of anilines is 1. The monoisotopic (exact) mass is 288 g/mol. The van der Waals surface area contributed by atoms with Gasteiger partial charge in [0.2, 0.25) is 10.0 Å². The summed E-state index contributed by atoms with van der Waals surface area (Å²) in [6.45, 7) is 2.57. The Morgan fingerprint density at radius 3 is 2.68 bits per heavy atom. The Hall–Kier alpha value is -1.12. The Morgan fingerprint density at radius 1 is 1.47 bits per heavy atom. The topological polar surface area (TPSA) is 90.4 Å². The summed E-state index contributed by atoms with van der Waals surface area (Å²) >= 11 is 0. The molecule has 1 atom stereocenters. The number of aryl methyl sites for hydroxylation is 1. The van der Waals surface area contributed by atoms with Crippen molar-refractivity contribution in [2.24, 2.45) is 7.05 Å². The molecule has 108 valence electrons. The van der Waals surface area contributed by atoms with Crippen LogP contribution in [0.4, 0.5) is 5.82 Å². The zero-order valence-corrected chi connectivity index (χ0v) is 12.3. The minimum atomic E-state index is -3.60. The van der Waals surface area contributed by atoms with Gasteiger partial charge in [-0.1, -0.05) is 0 Å². The average Bonchev–Trinajstić information content (AvgIpc) is 2.63. The molecule has 0 saturated carbocycles. The molecule has 7 nitrogen and oxygen atoms in total. The second kappa shape index (κ2) is 5.10. The number of methoxy groups -OCH3 is 1.